The standard InChI is InChI=1S/C11H28Si2/c1-11(2,9-12(3,4)5)10-13(6,7)8/h9-10H2,1-8H3. The minimum atomic E-state index is -0.870. The van der Waals surface area contributed by atoms with E-state index >= 15 is 0 Å². The van der Waals surface area contributed by atoms with Gasteiger partial charge in [0.2, 0.25) is 0 Å². The number of hydrogen-bond donors (Lipinski definition) is 0. The van der Waals surface area contributed by atoms with Crippen LogP contribution in [0.1, 0.15) is 13.8 Å². The molecule has 0 heterocycles. The molecule has 13 heavy (non-hydrogen) atoms. The zero-order chi connectivity index (χ0) is 10.9. The predicted octanol–water partition coefficient (Wildman–Crippen LogP) is 4.69. The van der Waals surface area contributed by atoms with Gasteiger partial charge in [-0.25, -0.2) is 0 Å². The summed E-state index contributed by atoms with van der Waals surface area (Å²) in [5.41, 5.74) is 0.592. The second-order valence-electron chi connectivity index (χ2n) is 7.64. The summed E-state index contributed by atoms with van der Waals surface area (Å²) in [6, 6.07) is 2.95. The first kappa shape index (κ1) is 13.4. The van der Waals surface area contributed by atoms with Crippen LogP contribution < -0.4 is 0 Å². The Kier molecular flexibility index (Phi) is 4.02. The van der Waals surface area contributed by atoms with Crippen molar-refractivity contribution in [1.82, 2.24) is 0 Å². The molecule has 0 nitrogen and oxygen atoms in total. The molecular formula is C11H28Si2. The van der Waals surface area contributed by atoms with Crippen LogP contribution in [0.3, 0.4) is 0 Å². The molecule has 0 aromatic carbocycles. The van der Waals surface area contributed by atoms with E-state index in [0.29, 0.717) is 5.41 Å². The third-order valence-corrected chi connectivity index (χ3v) is 6.05. The summed E-state index contributed by atoms with van der Waals surface area (Å²) >= 11 is 0. The lowest BCUT2D eigenvalue weighted by atomic mass is 10.00. The van der Waals surface area contributed by atoms with E-state index in [2.05, 4.69) is 53.1 Å². The molecule has 0 aliphatic heterocycles. The monoisotopic (exact) mass is 216 g/mol. The summed E-state index contributed by atoms with van der Waals surface area (Å²) in [4.78, 5) is 0. The molecule has 2 heteroatoms. The molecule has 0 aromatic heterocycles. The quantitative estimate of drug-likeness (QED) is 0.598. The highest BCUT2D eigenvalue weighted by molar-refractivity contribution is 6.78. The molecule has 0 spiro atoms. The normalized spacial score (nSPS) is 14.8. The van der Waals surface area contributed by atoms with Crippen LogP contribution in [-0.2, 0) is 0 Å². The third-order valence-electron chi connectivity index (χ3n) is 2.02. The van der Waals surface area contributed by atoms with Gasteiger partial charge in [0.25, 0.3) is 0 Å². The summed E-state index contributed by atoms with van der Waals surface area (Å²) in [5.74, 6) is 0. The molecule has 0 amide bonds. The van der Waals surface area contributed by atoms with E-state index in [1.54, 1.807) is 0 Å². The maximum Gasteiger partial charge on any atom is 0.0447 e. The molecule has 0 aliphatic rings. The van der Waals surface area contributed by atoms with Gasteiger partial charge in [0.15, 0.2) is 0 Å². The summed E-state index contributed by atoms with van der Waals surface area (Å²) in [6.07, 6.45) is 0. The highest BCUT2D eigenvalue weighted by Gasteiger charge is 2.31. The second-order valence-corrected chi connectivity index (χ2v) is 18.6. The zero-order valence-corrected chi connectivity index (χ0v) is 12.9. The van der Waals surface area contributed by atoms with E-state index in [9.17, 15) is 0 Å². The molecule has 0 fully saturated rings. The summed E-state index contributed by atoms with van der Waals surface area (Å²) in [5, 5.41) is 0. The molecule has 0 saturated heterocycles. The van der Waals surface area contributed by atoms with Crippen LogP contribution in [0.4, 0.5) is 0 Å². The molecule has 0 aliphatic carbocycles. The second kappa shape index (κ2) is 3.89. The van der Waals surface area contributed by atoms with Crippen molar-refractivity contribution in [3.63, 3.8) is 0 Å². The lowest BCUT2D eigenvalue weighted by molar-refractivity contribution is 0.454. The van der Waals surface area contributed by atoms with E-state index in [4.69, 9.17) is 0 Å². The minimum absolute atomic E-state index is 0.592. The largest absolute Gasteiger partial charge is 0.0695 e. The fourth-order valence-electron chi connectivity index (χ4n) is 2.93. The van der Waals surface area contributed by atoms with Crippen molar-refractivity contribution in [3.8, 4) is 0 Å². The van der Waals surface area contributed by atoms with Crippen LogP contribution >= 0.6 is 0 Å². The average molecular weight is 217 g/mol. The van der Waals surface area contributed by atoms with Gasteiger partial charge < -0.3 is 0 Å². The highest BCUT2D eigenvalue weighted by atomic mass is 28.3. The molecule has 0 unspecified atom stereocenters. The van der Waals surface area contributed by atoms with Gasteiger partial charge in [-0.05, 0) is 5.41 Å². The molecule has 0 aromatic rings. The van der Waals surface area contributed by atoms with Gasteiger partial charge in [0.1, 0.15) is 0 Å². The number of hydrogen-bond acceptors (Lipinski definition) is 0. The molecule has 0 rings (SSSR count). The van der Waals surface area contributed by atoms with Gasteiger partial charge in [-0.3, -0.25) is 0 Å². The van der Waals surface area contributed by atoms with Crippen LogP contribution in [0.25, 0.3) is 0 Å². The van der Waals surface area contributed by atoms with Crippen molar-refractivity contribution in [2.24, 2.45) is 5.41 Å². The smallest absolute Gasteiger partial charge is 0.0447 e. The maximum atomic E-state index is 2.49. The van der Waals surface area contributed by atoms with Gasteiger partial charge in [0, 0.05) is 16.1 Å². The Labute approximate surface area is 87.2 Å². The molecule has 0 saturated carbocycles. The summed E-state index contributed by atoms with van der Waals surface area (Å²) < 4.78 is 0. The first-order chi connectivity index (χ1) is 5.41. The lowest BCUT2D eigenvalue weighted by Crippen LogP contribution is -2.34. The predicted molar refractivity (Wildman–Crippen MR) is 70.1 cm³/mol. The van der Waals surface area contributed by atoms with Crippen LogP contribution in [0, 0.1) is 5.41 Å². The van der Waals surface area contributed by atoms with Crippen molar-refractivity contribution >= 4 is 16.1 Å². The van der Waals surface area contributed by atoms with Crippen LogP contribution in [0.2, 0.25) is 51.4 Å². The fraction of sp³-hybridized carbons (Fsp3) is 1.00. The third kappa shape index (κ3) is 8.76. The van der Waals surface area contributed by atoms with E-state index in [1.807, 2.05) is 0 Å². The molecule has 0 bridgehead atoms. The van der Waals surface area contributed by atoms with Gasteiger partial charge in [0.05, 0.1) is 0 Å². The van der Waals surface area contributed by atoms with Crippen molar-refractivity contribution < 1.29 is 0 Å². The van der Waals surface area contributed by atoms with E-state index < -0.39 is 16.1 Å². The first-order valence-corrected chi connectivity index (χ1v) is 12.8. The van der Waals surface area contributed by atoms with E-state index in [1.165, 1.54) is 12.1 Å². The van der Waals surface area contributed by atoms with Crippen LogP contribution in [-0.4, -0.2) is 16.1 Å². The highest BCUT2D eigenvalue weighted by Crippen LogP contribution is 2.36. The van der Waals surface area contributed by atoms with Crippen molar-refractivity contribution in [2.75, 3.05) is 0 Å². The Bertz CT molecular complexity index is 140. The van der Waals surface area contributed by atoms with Crippen molar-refractivity contribution in [3.05, 3.63) is 0 Å². The summed E-state index contributed by atoms with van der Waals surface area (Å²) in [7, 11) is -1.74. The Morgan fingerprint density at radius 3 is 1.08 bits per heavy atom. The van der Waals surface area contributed by atoms with Crippen molar-refractivity contribution in [2.45, 2.75) is 65.2 Å². The molecule has 0 radical (unpaired) electrons. The molecule has 0 atom stereocenters. The van der Waals surface area contributed by atoms with Gasteiger partial charge >= 0.3 is 0 Å². The molecule has 0 N–H and O–H groups in total. The van der Waals surface area contributed by atoms with E-state index in [0.717, 1.165) is 0 Å². The Morgan fingerprint density at radius 2 is 0.923 bits per heavy atom. The van der Waals surface area contributed by atoms with Gasteiger partial charge in [-0.1, -0.05) is 65.2 Å². The Hall–Kier alpha value is 0.434. The topological polar surface area (TPSA) is 0 Å². The molecule has 80 valence electrons. The SMILES string of the molecule is CC(C)(C[Si](C)(C)C)C[Si](C)(C)C. The minimum Gasteiger partial charge on any atom is -0.0695 e. The summed E-state index contributed by atoms with van der Waals surface area (Å²) in [6.45, 7) is 19.8. The number of rotatable bonds is 4. The maximum absolute atomic E-state index is 2.49. The van der Waals surface area contributed by atoms with Gasteiger partial charge in [-0.2, -0.15) is 0 Å². The fourth-order valence-corrected chi connectivity index (χ4v) is 9.18. The van der Waals surface area contributed by atoms with Crippen LogP contribution in [0.5, 0.6) is 0 Å². The Balaban J connectivity index is 4.25. The van der Waals surface area contributed by atoms with Gasteiger partial charge in [-0.15, -0.1) is 0 Å². The van der Waals surface area contributed by atoms with E-state index in [-0.39, 0.29) is 0 Å². The lowest BCUT2D eigenvalue weighted by Gasteiger charge is -2.35. The van der Waals surface area contributed by atoms with Crippen molar-refractivity contribution in [1.29, 1.82) is 0 Å². The first-order valence-electron chi connectivity index (χ1n) is 5.41. The molecular weight excluding hydrogens is 188 g/mol. The van der Waals surface area contributed by atoms with Crippen LogP contribution in [0.15, 0.2) is 0 Å². The average Bonchev–Trinajstić information content (AvgIpc) is 1.43. The Morgan fingerprint density at radius 1 is 0.692 bits per heavy atom. The zero-order valence-electron chi connectivity index (χ0n) is 10.9.